The largest absolute Gasteiger partial charge is 0.475 e. The molecule has 0 aliphatic carbocycles. The maximum Gasteiger partial charge on any atom is 0.413 e. The minimum Gasteiger partial charge on any atom is -0.475 e. The smallest absolute Gasteiger partial charge is 0.413 e. The number of amides is 1. The molecule has 0 N–H and O–H groups in total. The molecule has 0 spiro atoms. The monoisotopic (exact) mass is 381 g/mol. The fourth-order valence-electron chi connectivity index (χ4n) is 2.95. The Bertz CT molecular complexity index is 819. The molecule has 0 aromatic heterocycles. The van der Waals surface area contributed by atoms with Gasteiger partial charge in [-0.25, -0.2) is 9.59 Å². The average Bonchev–Trinajstić information content (AvgIpc) is 3.10. The summed E-state index contributed by atoms with van der Waals surface area (Å²) in [5.41, 5.74) is 1.92. The van der Waals surface area contributed by atoms with Gasteiger partial charge in [0.25, 0.3) is 0 Å². The van der Waals surface area contributed by atoms with Gasteiger partial charge in [0.2, 0.25) is 0 Å². The Morgan fingerprint density at radius 2 is 1.68 bits per heavy atom. The van der Waals surface area contributed by atoms with Crippen LogP contribution in [0.25, 0.3) is 0 Å². The third-order valence-corrected chi connectivity index (χ3v) is 4.33. The Kier molecular flexibility index (Phi) is 6.68. The Labute approximate surface area is 164 Å². The Hall–Kier alpha value is -3.28. The fraction of sp³-hybridized carbons (Fsp3) is 0.273. The van der Waals surface area contributed by atoms with Crippen molar-refractivity contribution in [2.45, 2.75) is 26.0 Å². The summed E-state index contributed by atoms with van der Waals surface area (Å²) in [6.07, 6.45) is 1.32. The summed E-state index contributed by atoms with van der Waals surface area (Å²) < 4.78 is 16.0. The molecule has 1 aliphatic heterocycles. The Balaban J connectivity index is 1.74. The second-order valence-corrected chi connectivity index (χ2v) is 6.29. The number of hydrogen-bond donors (Lipinski definition) is 0. The molecule has 2 aromatic rings. The van der Waals surface area contributed by atoms with Crippen molar-refractivity contribution in [1.29, 1.82) is 0 Å². The lowest BCUT2D eigenvalue weighted by Crippen LogP contribution is -2.38. The van der Waals surface area contributed by atoms with E-state index in [2.05, 4.69) is 0 Å². The summed E-state index contributed by atoms with van der Waals surface area (Å²) in [6.45, 7) is 2.21. The van der Waals surface area contributed by atoms with E-state index in [4.69, 9.17) is 14.2 Å². The van der Waals surface area contributed by atoms with Gasteiger partial charge in [-0.2, -0.15) is 0 Å². The van der Waals surface area contributed by atoms with Gasteiger partial charge < -0.3 is 14.2 Å². The van der Waals surface area contributed by atoms with E-state index >= 15 is 0 Å². The number of nitrogens with zero attached hydrogens (tertiary/aromatic N) is 1. The third kappa shape index (κ3) is 5.13. The van der Waals surface area contributed by atoms with Crippen molar-refractivity contribution in [3.8, 4) is 0 Å². The van der Waals surface area contributed by atoms with Crippen molar-refractivity contribution >= 4 is 12.1 Å². The van der Waals surface area contributed by atoms with E-state index < -0.39 is 18.1 Å². The SMILES string of the molecule is CCOC(=O)/C=C1\OCN(C(=O)OCc2ccccc2)[C@H]1Cc1ccccc1. The molecule has 1 atom stereocenters. The molecular weight excluding hydrogens is 358 g/mol. The third-order valence-electron chi connectivity index (χ3n) is 4.33. The number of carbonyl (C=O) groups excluding carboxylic acids is 2. The van der Waals surface area contributed by atoms with Crippen molar-refractivity contribution in [3.05, 3.63) is 83.6 Å². The molecule has 0 unspecified atom stereocenters. The molecule has 2 aromatic carbocycles. The Morgan fingerprint density at radius 1 is 1.04 bits per heavy atom. The zero-order valence-corrected chi connectivity index (χ0v) is 15.7. The van der Waals surface area contributed by atoms with Gasteiger partial charge >= 0.3 is 12.1 Å². The van der Waals surface area contributed by atoms with E-state index in [1.165, 1.54) is 11.0 Å². The van der Waals surface area contributed by atoms with Crippen molar-refractivity contribution < 1.29 is 23.8 Å². The molecule has 3 rings (SSSR count). The van der Waals surface area contributed by atoms with Gasteiger partial charge in [-0.05, 0) is 18.1 Å². The lowest BCUT2D eigenvalue weighted by atomic mass is 10.0. The predicted molar refractivity (Wildman–Crippen MR) is 103 cm³/mol. The number of esters is 1. The average molecular weight is 381 g/mol. The van der Waals surface area contributed by atoms with Crippen LogP contribution >= 0.6 is 0 Å². The molecule has 1 fully saturated rings. The van der Waals surface area contributed by atoms with Crippen LogP contribution in [0, 0.1) is 0 Å². The number of ether oxygens (including phenoxy) is 3. The van der Waals surface area contributed by atoms with Crippen LogP contribution in [0.4, 0.5) is 4.79 Å². The molecule has 6 heteroatoms. The highest BCUT2D eigenvalue weighted by molar-refractivity contribution is 5.83. The maximum absolute atomic E-state index is 12.7. The van der Waals surface area contributed by atoms with E-state index in [0.29, 0.717) is 12.2 Å². The standard InChI is InChI=1S/C22H23NO5/c1-2-26-21(24)14-20-19(13-17-9-5-3-6-10-17)23(16-28-20)22(25)27-15-18-11-7-4-8-12-18/h3-12,14,19H,2,13,15-16H2,1H3/b20-14-/t19-/m0/s1. The first-order valence-electron chi connectivity index (χ1n) is 9.19. The van der Waals surface area contributed by atoms with Crippen LogP contribution in [0.2, 0.25) is 0 Å². The van der Waals surface area contributed by atoms with Gasteiger partial charge in [-0.15, -0.1) is 0 Å². The van der Waals surface area contributed by atoms with Gasteiger partial charge in [0.15, 0.2) is 6.73 Å². The van der Waals surface area contributed by atoms with Crippen LogP contribution in [0.5, 0.6) is 0 Å². The molecule has 1 heterocycles. The van der Waals surface area contributed by atoms with Gasteiger partial charge in [0.05, 0.1) is 12.7 Å². The number of benzene rings is 2. The second-order valence-electron chi connectivity index (χ2n) is 6.29. The van der Waals surface area contributed by atoms with Crippen LogP contribution in [-0.2, 0) is 32.0 Å². The molecule has 146 valence electrons. The predicted octanol–water partition coefficient (Wildman–Crippen LogP) is 3.67. The van der Waals surface area contributed by atoms with E-state index in [1.807, 2.05) is 60.7 Å². The molecule has 6 nitrogen and oxygen atoms in total. The summed E-state index contributed by atoms with van der Waals surface area (Å²) in [5, 5.41) is 0. The van der Waals surface area contributed by atoms with Crippen LogP contribution in [-0.4, -0.2) is 36.3 Å². The first-order chi connectivity index (χ1) is 13.7. The van der Waals surface area contributed by atoms with E-state index in [1.54, 1.807) is 6.92 Å². The van der Waals surface area contributed by atoms with Crippen molar-refractivity contribution in [3.63, 3.8) is 0 Å². The summed E-state index contributed by atoms with van der Waals surface area (Å²) in [4.78, 5) is 26.0. The highest BCUT2D eigenvalue weighted by Gasteiger charge is 2.36. The van der Waals surface area contributed by atoms with E-state index in [9.17, 15) is 9.59 Å². The van der Waals surface area contributed by atoms with Crippen molar-refractivity contribution in [2.24, 2.45) is 0 Å². The molecule has 0 radical (unpaired) electrons. The first-order valence-corrected chi connectivity index (χ1v) is 9.19. The molecule has 28 heavy (non-hydrogen) atoms. The highest BCUT2D eigenvalue weighted by Crippen LogP contribution is 2.25. The molecule has 1 amide bonds. The molecule has 0 saturated carbocycles. The molecule has 1 saturated heterocycles. The number of rotatable bonds is 6. The zero-order valence-electron chi connectivity index (χ0n) is 15.7. The van der Waals surface area contributed by atoms with Crippen LogP contribution in [0.1, 0.15) is 18.1 Å². The zero-order chi connectivity index (χ0) is 19.8. The topological polar surface area (TPSA) is 65.1 Å². The normalized spacial score (nSPS) is 17.2. The number of carbonyl (C=O) groups is 2. The van der Waals surface area contributed by atoms with Gasteiger partial charge in [-0.1, -0.05) is 60.7 Å². The minimum atomic E-state index is -0.491. The Morgan fingerprint density at radius 3 is 2.32 bits per heavy atom. The van der Waals surface area contributed by atoms with Crippen molar-refractivity contribution in [2.75, 3.05) is 13.3 Å². The highest BCUT2D eigenvalue weighted by atomic mass is 16.6. The summed E-state index contributed by atoms with van der Waals surface area (Å²) >= 11 is 0. The summed E-state index contributed by atoms with van der Waals surface area (Å²) in [7, 11) is 0. The summed E-state index contributed by atoms with van der Waals surface area (Å²) in [5.74, 6) is -0.0889. The number of hydrogen-bond acceptors (Lipinski definition) is 5. The fourth-order valence-corrected chi connectivity index (χ4v) is 2.95. The maximum atomic E-state index is 12.7. The molecule has 1 aliphatic rings. The van der Waals surface area contributed by atoms with Crippen molar-refractivity contribution in [1.82, 2.24) is 4.90 Å². The minimum absolute atomic E-state index is 0.0242. The lowest BCUT2D eigenvalue weighted by Gasteiger charge is -2.21. The van der Waals surface area contributed by atoms with E-state index in [-0.39, 0.29) is 19.9 Å². The molecule has 0 bridgehead atoms. The van der Waals surface area contributed by atoms with Crippen LogP contribution < -0.4 is 0 Å². The van der Waals surface area contributed by atoms with Crippen LogP contribution in [0.15, 0.2) is 72.5 Å². The van der Waals surface area contributed by atoms with Crippen LogP contribution in [0.3, 0.4) is 0 Å². The van der Waals surface area contributed by atoms with E-state index in [0.717, 1.165) is 11.1 Å². The van der Waals surface area contributed by atoms with Gasteiger partial charge in [0.1, 0.15) is 18.4 Å². The molecular formula is C22H23NO5. The second kappa shape index (κ2) is 9.60. The lowest BCUT2D eigenvalue weighted by molar-refractivity contribution is -0.137. The van der Waals surface area contributed by atoms with Gasteiger partial charge in [0, 0.05) is 6.42 Å². The summed E-state index contributed by atoms with van der Waals surface area (Å²) in [6, 6.07) is 18.7. The quantitative estimate of drug-likeness (QED) is 0.564. The van der Waals surface area contributed by atoms with Gasteiger partial charge in [-0.3, -0.25) is 4.90 Å². The first kappa shape index (κ1) is 19.5.